The van der Waals surface area contributed by atoms with Gasteiger partial charge in [-0.1, -0.05) is 41.4 Å². The molecule has 0 radical (unpaired) electrons. The van der Waals surface area contributed by atoms with E-state index < -0.39 is 0 Å². The first-order valence-corrected chi connectivity index (χ1v) is 7.23. The minimum Gasteiger partial charge on any atom is -0.369 e. The number of nitrogens with two attached hydrogens (primary N) is 1. The molecule has 0 bridgehead atoms. The third-order valence-electron chi connectivity index (χ3n) is 3.24. The Hall–Kier alpha value is -1.22. The highest BCUT2D eigenvalue weighted by Gasteiger charge is 2.09. The Morgan fingerprint density at radius 3 is 2.30 bits per heavy atom. The molecule has 2 aromatic carbocycles. The normalized spacial score (nSPS) is 12.2. The van der Waals surface area contributed by atoms with Crippen LogP contribution in [0.1, 0.15) is 24.1 Å². The summed E-state index contributed by atoms with van der Waals surface area (Å²) in [6.07, 6.45) is 0. The van der Waals surface area contributed by atoms with Gasteiger partial charge >= 0.3 is 0 Å². The van der Waals surface area contributed by atoms with Crippen LogP contribution in [0.4, 0.5) is 5.69 Å². The molecule has 0 saturated carbocycles. The van der Waals surface area contributed by atoms with Crippen LogP contribution in [0, 0.1) is 0 Å². The van der Waals surface area contributed by atoms with E-state index in [2.05, 4.69) is 4.90 Å². The second-order valence-electron chi connectivity index (χ2n) is 4.98. The fourth-order valence-electron chi connectivity index (χ4n) is 2.06. The predicted octanol–water partition coefficient (Wildman–Crippen LogP) is 4.65. The first-order valence-electron chi connectivity index (χ1n) is 6.48. The van der Waals surface area contributed by atoms with E-state index in [1.54, 1.807) is 0 Å². The Morgan fingerprint density at radius 1 is 1.10 bits per heavy atom. The first kappa shape index (κ1) is 15.2. The van der Waals surface area contributed by atoms with E-state index in [0.717, 1.165) is 27.8 Å². The SMILES string of the molecule is CC(N)c1ccc(N(C)Cc2ccc(Cl)cc2)c(Cl)c1. The van der Waals surface area contributed by atoms with Crippen molar-refractivity contribution < 1.29 is 0 Å². The van der Waals surface area contributed by atoms with Crippen molar-refractivity contribution >= 4 is 28.9 Å². The van der Waals surface area contributed by atoms with Crippen LogP contribution in [0.15, 0.2) is 42.5 Å². The van der Waals surface area contributed by atoms with Crippen LogP contribution in [0.25, 0.3) is 0 Å². The van der Waals surface area contributed by atoms with Crippen LogP contribution in [0.5, 0.6) is 0 Å². The molecule has 0 heterocycles. The molecule has 106 valence electrons. The van der Waals surface area contributed by atoms with Crippen molar-refractivity contribution in [3.05, 3.63) is 63.6 Å². The average Bonchev–Trinajstić information content (AvgIpc) is 2.41. The Morgan fingerprint density at radius 2 is 1.75 bits per heavy atom. The quantitative estimate of drug-likeness (QED) is 0.891. The summed E-state index contributed by atoms with van der Waals surface area (Å²) in [5.41, 5.74) is 9.08. The lowest BCUT2D eigenvalue weighted by Gasteiger charge is -2.21. The standard InChI is InChI=1S/C16H18Cl2N2/c1-11(19)13-5-8-16(15(18)9-13)20(2)10-12-3-6-14(17)7-4-12/h3-9,11H,10,19H2,1-2H3. The fraction of sp³-hybridized carbons (Fsp3) is 0.250. The van der Waals surface area contributed by atoms with Gasteiger partial charge in [0.15, 0.2) is 0 Å². The Bertz CT molecular complexity index is 580. The molecule has 2 rings (SSSR count). The third kappa shape index (κ3) is 3.66. The summed E-state index contributed by atoms with van der Waals surface area (Å²) < 4.78 is 0. The maximum atomic E-state index is 6.34. The van der Waals surface area contributed by atoms with Crippen molar-refractivity contribution in [2.75, 3.05) is 11.9 Å². The van der Waals surface area contributed by atoms with Crippen molar-refractivity contribution in [3.8, 4) is 0 Å². The predicted molar refractivity (Wildman–Crippen MR) is 87.6 cm³/mol. The molecular weight excluding hydrogens is 291 g/mol. The minimum atomic E-state index is -0.0110. The lowest BCUT2D eigenvalue weighted by atomic mass is 10.1. The summed E-state index contributed by atoms with van der Waals surface area (Å²) in [5, 5.41) is 1.46. The zero-order chi connectivity index (χ0) is 14.7. The van der Waals surface area contributed by atoms with Crippen LogP contribution in [-0.4, -0.2) is 7.05 Å². The van der Waals surface area contributed by atoms with Gasteiger partial charge in [-0.15, -0.1) is 0 Å². The lowest BCUT2D eigenvalue weighted by Crippen LogP contribution is -2.17. The van der Waals surface area contributed by atoms with Gasteiger partial charge in [0.2, 0.25) is 0 Å². The number of nitrogens with zero attached hydrogens (tertiary/aromatic N) is 1. The topological polar surface area (TPSA) is 29.3 Å². The number of anilines is 1. The number of hydrogen-bond acceptors (Lipinski definition) is 2. The second-order valence-corrected chi connectivity index (χ2v) is 5.83. The molecule has 1 unspecified atom stereocenters. The summed E-state index contributed by atoms with van der Waals surface area (Å²) >= 11 is 12.2. The molecule has 0 fully saturated rings. The highest BCUT2D eigenvalue weighted by molar-refractivity contribution is 6.33. The van der Waals surface area contributed by atoms with E-state index >= 15 is 0 Å². The van der Waals surface area contributed by atoms with E-state index in [4.69, 9.17) is 28.9 Å². The molecule has 0 spiro atoms. The summed E-state index contributed by atoms with van der Waals surface area (Å²) in [5.74, 6) is 0. The van der Waals surface area contributed by atoms with Gasteiger partial charge in [0.05, 0.1) is 10.7 Å². The molecule has 0 aliphatic rings. The van der Waals surface area contributed by atoms with E-state index in [9.17, 15) is 0 Å². The van der Waals surface area contributed by atoms with Crippen LogP contribution in [0.2, 0.25) is 10.0 Å². The fourth-order valence-corrected chi connectivity index (χ4v) is 2.52. The van der Waals surface area contributed by atoms with Gasteiger partial charge in [-0.3, -0.25) is 0 Å². The Kier molecular flexibility index (Phi) is 4.92. The molecule has 1 atom stereocenters. The van der Waals surface area contributed by atoms with Crippen LogP contribution in [0.3, 0.4) is 0 Å². The molecule has 0 aliphatic carbocycles. The molecule has 0 saturated heterocycles. The highest BCUT2D eigenvalue weighted by Crippen LogP contribution is 2.28. The first-order chi connectivity index (χ1) is 9.47. The molecule has 2 N–H and O–H groups in total. The van der Waals surface area contributed by atoms with Gasteiger partial charge in [-0.25, -0.2) is 0 Å². The zero-order valence-electron chi connectivity index (χ0n) is 11.6. The van der Waals surface area contributed by atoms with Crippen molar-refractivity contribution in [2.45, 2.75) is 19.5 Å². The Labute approximate surface area is 130 Å². The van der Waals surface area contributed by atoms with Crippen LogP contribution < -0.4 is 10.6 Å². The van der Waals surface area contributed by atoms with Crippen molar-refractivity contribution in [2.24, 2.45) is 5.73 Å². The zero-order valence-corrected chi connectivity index (χ0v) is 13.1. The summed E-state index contributed by atoms with van der Waals surface area (Å²) in [4.78, 5) is 2.11. The van der Waals surface area contributed by atoms with Crippen molar-refractivity contribution in [1.29, 1.82) is 0 Å². The van der Waals surface area contributed by atoms with Crippen molar-refractivity contribution in [1.82, 2.24) is 0 Å². The minimum absolute atomic E-state index is 0.0110. The summed E-state index contributed by atoms with van der Waals surface area (Å²) in [7, 11) is 2.02. The molecule has 2 nitrogen and oxygen atoms in total. The van der Waals surface area contributed by atoms with Crippen molar-refractivity contribution in [3.63, 3.8) is 0 Å². The smallest absolute Gasteiger partial charge is 0.0642 e. The second kappa shape index (κ2) is 6.49. The molecular formula is C16H18Cl2N2. The Balaban J connectivity index is 2.16. The molecule has 0 aliphatic heterocycles. The average molecular weight is 309 g/mol. The van der Waals surface area contributed by atoms with Gasteiger partial charge in [0.25, 0.3) is 0 Å². The van der Waals surface area contributed by atoms with Gasteiger partial charge in [-0.2, -0.15) is 0 Å². The van der Waals surface area contributed by atoms with Gasteiger partial charge in [0, 0.05) is 24.7 Å². The van der Waals surface area contributed by atoms with Gasteiger partial charge in [-0.05, 0) is 42.3 Å². The highest BCUT2D eigenvalue weighted by atomic mass is 35.5. The van der Waals surface area contributed by atoms with Crippen LogP contribution in [-0.2, 0) is 6.54 Å². The van der Waals surface area contributed by atoms with E-state index in [0.29, 0.717) is 0 Å². The molecule has 4 heteroatoms. The van der Waals surface area contributed by atoms with Crippen LogP contribution >= 0.6 is 23.2 Å². The van der Waals surface area contributed by atoms with Gasteiger partial charge in [0.1, 0.15) is 0 Å². The molecule has 2 aromatic rings. The molecule has 20 heavy (non-hydrogen) atoms. The lowest BCUT2D eigenvalue weighted by molar-refractivity contribution is 0.817. The number of hydrogen-bond donors (Lipinski definition) is 1. The monoisotopic (exact) mass is 308 g/mol. The maximum absolute atomic E-state index is 6.34. The largest absolute Gasteiger partial charge is 0.369 e. The van der Waals surface area contributed by atoms with E-state index in [1.807, 2.05) is 56.4 Å². The summed E-state index contributed by atoms with van der Waals surface area (Å²) in [6.45, 7) is 2.72. The number of halogens is 2. The number of benzene rings is 2. The molecule has 0 aromatic heterocycles. The van der Waals surface area contributed by atoms with E-state index in [1.165, 1.54) is 5.56 Å². The summed E-state index contributed by atoms with van der Waals surface area (Å²) in [6, 6.07) is 13.8. The number of rotatable bonds is 4. The maximum Gasteiger partial charge on any atom is 0.0642 e. The van der Waals surface area contributed by atoms with E-state index in [-0.39, 0.29) is 6.04 Å². The molecule has 0 amide bonds. The third-order valence-corrected chi connectivity index (χ3v) is 3.80. The van der Waals surface area contributed by atoms with Gasteiger partial charge < -0.3 is 10.6 Å².